The summed E-state index contributed by atoms with van der Waals surface area (Å²) in [6.45, 7) is 0. The van der Waals surface area contributed by atoms with E-state index in [9.17, 15) is 0 Å². The number of hydrogen-bond acceptors (Lipinski definition) is 2. The molecule has 0 bridgehead atoms. The molecule has 1 rings (SSSR count). The van der Waals surface area contributed by atoms with Gasteiger partial charge in [-0.15, -0.1) is 0 Å². The number of aromatic nitrogens is 1. The Morgan fingerprint density at radius 1 is 1.67 bits per heavy atom. The Labute approximate surface area is 75.7 Å². The van der Waals surface area contributed by atoms with Gasteiger partial charge < -0.3 is 10.3 Å². The van der Waals surface area contributed by atoms with Crippen molar-refractivity contribution in [1.29, 1.82) is 0 Å². The zero-order chi connectivity index (χ0) is 8.97. The second-order valence-corrected chi connectivity index (χ2v) is 2.70. The van der Waals surface area contributed by atoms with Crippen LogP contribution in [0.3, 0.4) is 0 Å². The molecule has 0 aliphatic carbocycles. The lowest BCUT2D eigenvalue weighted by Crippen LogP contribution is -2.29. The highest BCUT2D eigenvalue weighted by atomic mass is 32.1. The van der Waals surface area contributed by atoms with Gasteiger partial charge in [-0.25, -0.2) is 0 Å². The smallest absolute Gasteiger partial charge is 0.184 e. The van der Waals surface area contributed by atoms with Crippen LogP contribution in [0.2, 0.25) is 0 Å². The third-order valence-corrected chi connectivity index (χ3v) is 1.40. The van der Waals surface area contributed by atoms with Gasteiger partial charge in [0.25, 0.3) is 0 Å². The molecule has 0 aliphatic heterocycles. The van der Waals surface area contributed by atoms with Gasteiger partial charge in [0.1, 0.15) is 0 Å². The van der Waals surface area contributed by atoms with E-state index in [2.05, 4.69) is 22.7 Å². The summed E-state index contributed by atoms with van der Waals surface area (Å²) in [5.74, 6) is 0. The van der Waals surface area contributed by atoms with Crippen molar-refractivity contribution < 1.29 is 0 Å². The summed E-state index contributed by atoms with van der Waals surface area (Å²) in [5, 5.41) is 4.12. The van der Waals surface area contributed by atoms with E-state index in [0.29, 0.717) is 0 Å². The highest BCUT2D eigenvalue weighted by molar-refractivity contribution is 7.80. The Morgan fingerprint density at radius 3 is 3.00 bits per heavy atom. The molecular formula is C7H10N4S. The van der Waals surface area contributed by atoms with Crippen LogP contribution in [0.1, 0.15) is 0 Å². The van der Waals surface area contributed by atoms with Crippen LogP contribution in [0.15, 0.2) is 29.5 Å². The fourth-order valence-electron chi connectivity index (χ4n) is 0.743. The minimum atomic E-state index is 0.166. The molecular weight excluding hydrogens is 172 g/mol. The zero-order valence-electron chi connectivity index (χ0n) is 6.69. The molecule has 64 valence electrons. The van der Waals surface area contributed by atoms with Crippen LogP contribution in [0.4, 0.5) is 0 Å². The average Bonchev–Trinajstić information content (AvgIpc) is 2.03. The molecule has 5 heteroatoms. The van der Waals surface area contributed by atoms with Gasteiger partial charge in [0.2, 0.25) is 0 Å². The van der Waals surface area contributed by atoms with Gasteiger partial charge in [-0.2, -0.15) is 5.10 Å². The van der Waals surface area contributed by atoms with E-state index in [1.54, 1.807) is 0 Å². The van der Waals surface area contributed by atoms with Gasteiger partial charge in [0.15, 0.2) is 10.6 Å². The van der Waals surface area contributed by atoms with Crippen LogP contribution in [-0.4, -0.2) is 9.68 Å². The first-order valence-corrected chi connectivity index (χ1v) is 3.82. The van der Waals surface area contributed by atoms with Crippen molar-refractivity contribution in [3.63, 3.8) is 0 Å². The molecule has 0 radical (unpaired) electrons. The van der Waals surface area contributed by atoms with Crippen LogP contribution >= 0.6 is 12.2 Å². The highest BCUT2D eigenvalue weighted by Gasteiger charge is 1.84. The van der Waals surface area contributed by atoms with E-state index in [1.807, 2.05) is 36.0 Å². The predicted molar refractivity (Wildman–Crippen MR) is 50.9 cm³/mol. The summed E-state index contributed by atoms with van der Waals surface area (Å²) in [6.07, 6.45) is 1.89. The van der Waals surface area contributed by atoms with E-state index >= 15 is 0 Å². The monoisotopic (exact) mass is 182 g/mol. The second kappa shape index (κ2) is 3.87. The van der Waals surface area contributed by atoms with Crippen molar-refractivity contribution in [3.05, 3.63) is 29.9 Å². The van der Waals surface area contributed by atoms with Crippen LogP contribution in [0, 0.1) is 0 Å². The number of hydrogen-bond donors (Lipinski definition) is 2. The molecule has 3 N–H and O–H groups in total. The van der Waals surface area contributed by atoms with Gasteiger partial charge in [-0.3, -0.25) is 5.43 Å². The molecule has 0 saturated carbocycles. The molecule has 0 amide bonds. The van der Waals surface area contributed by atoms with E-state index in [4.69, 9.17) is 5.73 Å². The highest BCUT2D eigenvalue weighted by Crippen LogP contribution is 1.75. The SMILES string of the molecule is Cn1cccc/c1=N\NC(N)=S. The first kappa shape index (κ1) is 8.73. The topological polar surface area (TPSA) is 55.3 Å². The van der Waals surface area contributed by atoms with Crippen molar-refractivity contribution in [3.8, 4) is 0 Å². The van der Waals surface area contributed by atoms with Crippen molar-refractivity contribution in [2.45, 2.75) is 0 Å². The number of nitrogens with zero attached hydrogens (tertiary/aromatic N) is 2. The maximum Gasteiger partial charge on any atom is 0.184 e. The fraction of sp³-hybridized carbons (Fsp3) is 0.143. The third kappa shape index (κ3) is 2.35. The summed E-state index contributed by atoms with van der Waals surface area (Å²) in [4.78, 5) is 0. The van der Waals surface area contributed by atoms with Gasteiger partial charge in [0.05, 0.1) is 0 Å². The van der Waals surface area contributed by atoms with Crippen LogP contribution in [-0.2, 0) is 7.05 Å². The van der Waals surface area contributed by atoms with E-state index in [0.717, 1.165) is 5.49 Å². The number of pyridine rings is 1. The van der Waals surface area contributed by atoms with E-state index < -0.39 is 0 Å². The normalized spacial score (nSPS) is 11.2. The molecule has 4 nitrogen and oxygen atoms in total. The predicted octanol–water partition coefficient (Wildman–Crippen LogP) is -0.326. The Kier molecular flexibility index (Phi) is 2.82. The summed E-state index contributed by atoms with van der Waals surface area (Å²) in [5.41, 5.74) is 8.49. The van der Waals surface area contributed by atoms with Crippen molar-refractivity contribution in [2.75, 3.05) is 0 Å². The quantitative estimate of drug-likeness (QED) is 0.462. The van der Waals surface area contributed by atoms with Crippen LogP contribution in [0.5, 0.6) is 0 Å². The molecule has 0 unspecified atom stereocenters. The largest absolute Gasteiger partial charge is 0.375 e. The van der Waals surface area contributed by atoms with Crippen molar-refractivity contribution in [1.82, 2.24) is 9.99 Å². The lowest BCUT2D eigenvalue weighted by Gasteiger charge is -1.98. The first-order valence-electron chi connectivity index (χ1n) is 3.41. The standard InChI is InChI=1S/C7H10N4S/c1-11-5-3-2-4-6(11)9-10-7(8)12/h2-5H,1H3,(H3,8,10,12)/b9-6+. The van der Waals surface area contributed by atoms with Gasteiger partial charge in [-0.05, 0) is 24.4 Å². The summed E-state index contributed by atoms with van der Waals surface area (Å²) < 4.78 is 1.85. The van der Waals surface area contributed by atoms with Crippen molar-refractivity contribution >= 4 is 17.3 Å². The second-order valence-electron chi connectivity index (χ2n) is 2.26. The maximum absolute atomic E-state index is 5.21. The molecule has 1 heterocycles. The molecule has 12 heavy (non-hydrogen) atoms. The van der Waals surface area contributed by atoms with Crippen LogP contribution in [0.25, 0.3) is 0 Å². The molecule has 0 atom stereocenters. The lowest BCUT2D eigenvalue weighted by molar-refractivity contribution is 0.790. The van der Waals surface area contributed by atoms with Gasteiger partial charge in [-0.1, -0.05) is 6.07 Å². The van der Waals surface area contributed by atoms with Crippen molar-refractivity contribution in [2.24, 2.45) is 17.9 Å². The number of aryl methyl sites for hydroxylation is 1. The van der Waals surface area contributed by atoms with Crippen LogP contribution < -0.4 is 16.6 Å². The molecule has 0 spiro atoms. The Balaban J connectivity index is 2.94. The molecule has 0 fully saturated rings. The third-order valence-electron chi connectivity index (χ3n) is 1.31. The maximum atomic E-state index is 5.21. The minimum absolute atomic E-state index is 0.166. The number of rotatable bonds is 1. The van der Waals surface area contributed by atoms with Gasteiger partial charge >= 0.3 is 0 Å². The fourth-order valence-corrected chi connectivity index (χ4v) is 0.788. The number of nitrogens with two attached hydrogens (primary N) is 1. The summed E-state index contributed by atoms with van der Waals surface area (Å²) in [7, 11) is 1.89. The summed E-state index contributed by atoms with van der Waals surface area (Å²) in [6, 6.07) is 5.66. The van der Waals surface area contributed by atoms with E-state index in [1.165, 1.54) is 0 Å². The molecule has 0 aliphatic rings. The molecule has 1 aromatic heterocycles. The molecule has 1 aromatic rings. The average molecular weight is 182 g/mol. The van der Waals surface area contributed by atoms with Gasteiger partial charge in [0, 0.05) is 13.2 Å². The minimum Gasteiger partial charge on any atom is -0.375 e. The Morgan fingerprint density at radius 2 is 2.42 bits per heavy atom. The molecule has 0 aromatic carbocycles. The number of nitrogens with one attached hydrogen (secondary N) is 1. The Hall–Kier alpha value is -1.36. The van der Waals surface area contributed by atoms with E-state index in [-0.39, 0.29) is 5.11 Å². The first-order chi connectivity index (χ1) is 5.70. The lowest BCUT2D eigenvalue weighted by atomic mass is 10.5. The zero-order valence-corrected chi connectivity index (χ0v) is 7.51. The summed E-state index contributed by atoms with van der Waals surface area (Å²) >= 11 is 4.60. The molecule has 0 saturated heterocycles. The Bertz CT molecular complexity index is 341. The number of thiocarbonyl (C=S) groups is 1.